The fraction of sp³-hybridized carbons (Fsp3) is 0.571. The Kier molecular flexibility index (Phi) is 5.28. The van der Waals surface area contributed by atoms with Crippen LogP contribution in [0.1, 0.15) is 45.9 Å². The van der Waals surface area contributed by atoms with E-state index in [0.29, 0.717) is 13.0 Å². The Bertz CT molecular complexity index is 370. The van der Waals surface area contributed by atoms with Gasteiger partial charge in [0.15, 0.2) is 0 Å². The third-order valence-electron chi connectivity index (χ3n) is 2.52. The van der Waals surface area contributed by atoms with Gasteiger partial charge in [0.1, 0.15) is 0 Å². The highest BCUT2D eigenvalue weighted by molar-refractivity contribution is 5.76. The number of hydrogen-bond acceptors (Lipinski definition) is 3. The third-order valence-corrected chi connectivity index (χ3v) is 2.52. The lowest BCUT2D eigenvalue weighted by molar-refractivity contribution is -0.121. The highest BCUT2D eigenvalue weighted by atomic mass is 16.1. The number of hydrogen-bond donors (Lipinski definition) is 2. The van der Waals surface area contributed by atoms with E-state index in [1.807, 2.05) is 25.1 Å². The number of aromatic nitrogens is 1. The molecule has 1 aromatic heterocycles. The lowest BCUT2D eigenvalue weighted by Gasteiger charge is -2.20. The number of amides is 1. The Morgan fingerprint density at radius 2 is 2.11 bits per heavy atom. The zero-order valence-corrected chi connectivity index (χ0v) is 11.7. The number of nitrogens with one attached hydrogen (secondary N) is 2. The molecule has 0 aliphatic carbocycles. The summed E-state index contributed by atoms with van der Waals surface area (Å²) in [5.74, 6) is 0.0462. The number of nitrogens with zero attached hydrogens (tertiary/aromatic N) is 1. The molecule has 1 aromatic rings. The van der Waals surface area contributed by atoms with Gasteiger partial charge in [0.05, 0.1) is 11.7 Å². The standard InChI is InChI=1S/C14H23N3O/c1-11(12-7-5-6-9-15-12)17-13(18)8-10-16-14(2,3)4/h5-7,9,11,16H,8,10H2,1-4H3,(H,17,18)/t11-/m0/s1. The summed E-state index contributed by atoms with van der Waals surface area (Å²) in [6, 6.07) is 5.66. The van der Waals surface area contributed by atoms with Gasteiger partial charge in [-0.2, -0.15) is 0 Å². The van der Waals surface area contributed by atoms with Crippen molar-refractivity contribution in [1.82, 2.24) is 15.6 Å². The Hall–Kier alpha value is -1.42. The maximum Gasteiger partial charge on any atom is 0.221 e. The average molecular weight is 249 g/mol. The first kappa shape index (κ1) is 14.6. The summed E-state index contributed by atoms with van der Waals surface area (Å²) in [5, 5.41) is 6.23. The smallest absolute Gasteiger partial charge is 0.221 e. The quantitative estimate of drug-likeness (QED) is 0.839. The van der Waals surface area contributed by atoms with Crippen LogP contribution >= 0.6 is 0 Å². The number of pyridine rings is 1. The molecule has 0 bridgehead atoms. The largest absolute Gasteiger partial charge is 0.348 e. The zero-order chi connectivity index (χ0) is 13.6. The molecule has 1 rings (SSSR count). The first-order chi connectivity index (χ1) is 8.38. The van der Waals surface area contributed by atoms with E-state index in [9.17, 15) is 4.79 Å². The molecule has 0 saturated carbocycles. The highest BCUT2D eigenvalue weighted by Gasteiger charge is 2.12. The monoisotopic (exact) mass is 249 g/mol. The van der Waals surface area contributed by atoms with Crippen LogP contribution in [0.25, 0.3) is 0 Å². The first-order valence-corrected chi connectivity index (χ1v) is 6.34. The van der Waals surface area contributed by atoms with Crippen LogP contribution in [0.2, 0.25) is 0 Å². The number of carbonyl (C=O) groups is 1. The van der Waals surface area contributed by atoms with Crippen molar-refractivity contribution in [2.75, 3.05) is 6.54 Å². The van der Waals surface area contributed by atoms with Crippen molar-refractivity contribution in [3.05, 3.63) is 30.1 Å². The molecule has 100 valence electrons. The topological polar surface area (TPSA) is 54.0 Å². The molecular weight excluding hydrogens is 226 g/mol. The van der Waals surface area contributed by atoms with Gasteiger partial charge in [-0.1, -0.05) is 6.07 Å². The van der Waals surface area contributed by atoms with E-state index < -0.39 is 0 Å². The van der Waals surface area contributed by atoms with E-state index in [1.165, 1.54) is 0 Å². The predicted octanol–water partition coefficient (Wildman–Crippen LogP) is 2.04. The molecule has 4 heteroatoms. The first-order valence-electron chi connectivity index (χ1n) is 6.34. The lowest BCUT2D eigenvalue weighted by Crippen LogP contribution is -2.38. The van der Waals surface area contributed by atoms with Gasteiger partial charge >= 0.3 is 0 Å². The second-order valence-corrected chi connectivity index (χ2v) is 5.47. The molecular formula is C14H23N3O. The predicted molar refractivity (Wildman–Crippen MR) is 73.2 cm³/mol. The second-order valence-electron chi connectivity index (χ2n) is 5.47. The summed E-state index contributed by atoms with van der Waals surface area (Å²) in [6.07, 6.45) is 2.22. The lowest BCUT2D eigenvalue weighted by atomic mass is 10.1. The summed E-state index contributed by atoms with van der Waals surface area (Å²) in [4.78, 5) is 16.0. The van der Waals surface area contributed by atoms with Gasteiger partial charge < -0.3 is 10.6 Å². The third kappa shape index (κ3) is 5.77. The minimum Gasteiger partial charge on any atom is -0.348 e. The molecule has 1 heterocycles. The molecule has 0 radical (unpaired) electrons. The van der Waals surface area contributed by atoms with Crippen molar-refractivity contribution < 1.29 is 4.79 Å². The van der Waals surface area contributed by atoms with Gasteiger partial charge in [-0.3, -0.25) is 9.78 Å². The number of rotatable bonds is 5. The Morgan fingerprint density at radius 1 is 1.39 bits per heavy atom. The van der Waals surface area contributed by atoms with E-state index >= 15 is 0 Å². The fourth-order valence-corrected chi connectivity index (χ4v) is 1.57. The van der Waals surface area contributed by atoms with Crippen molar-refractivity contribution in [2.45, 2.75) is 45.7 Å². The summed E-state index contributed by atoms with van der Waals surface area (Å²) in [6.45, 7) is 8.88. The average Bonchev–Trinajstić information content (AvgIpc) is 2.28. The second kappa shape index (κ2) is 6.50. The maximum atomic E-state index is 11.7. The van der Waals surface area contributed by atoms with Crippen LogP contribution in [0.15, 0.2) is 24.4 Å². The number of carbonyl (C=O) groups excluding carboxylic acids is 1. The summed E-state index contributed by atoms with van der Waals surface area (Å²) in [5.41, 5.74) is 0.932. The molecule has 0 unspecified atom stereocenters. The van der Waals surface area contributed by atoms with Crippen LogP contribution in [-0.4, -0.2) is 23.0 Å². The van der Waals surface area contributed by atoms with Gasteiger partial charge in [-0.15, -0.1) is 0 Å². The van der Waals surface area contributed by atoms with E-state index in [0.717, 1.165) is 5.69 Å². The van der Waals surface area contributed by atoms with Crippen molar-refractivity contribution in [3.63, 3.8) is 0 Å². The SMILES string of the molecule is C[C@H](NC(=O)CCNC(C)(C)C)c1ccccn1. The fourth-order valence-electron chi connectivity index (χ4n) is 1.57. The van der Waals surface area contributed by atoms with Crippen LogP contribution < -0.4 is 10.6 Å². The Morgan fingerprint density at radius 3 is 2.67 bits per heavy atom. The molecule has 0 aliphatic heterocycles. The molecule has 1 amide bonds. The minimum atomic E-state index is -0.0478. The highest BCUT2D eigenvalue weighted by Crippen LogP contribution is 2.07. The maximum absolute atomic E-state index is 11.7. The summed E-state index contributed by atoms with van der Waals surface area (Å²) >= 11 is 0. The van der Waals surface area contributed by atoms with Crippen molar-refractivity contribution in [1.29, 1.82) is 0 Å². The van der Waals surface area contributed by atoms with Gasteiger partial charge in [0, 0.05) is 24.7 Å². The normalized spacial score (nSPS) is 13.1. The zero-order valence-electron chi connectivity index (χ0n) is 11.7. The van der Waals surface area contributed by atoms with Crippen LogP contribution in [-0.2, 0) is 4.79 Å². The molecule has 18 heavy (non-hydrogen) atoms. The molecule has 4 nitrogen and oxygen atoms in total. The molecule has 0 saturated heterocycles. The Balaban J connectivity index is 2.32. The van der Waals surface area contributed by atoms with Crippen LogP contribution in [0.3, 0.4) is 0 Å². The molecule has 0 aromatic carbocycles. The van der Waals surface area contributed by atoms with E-state index in [1.54, 1.807) is 6.20 Å². The van der Waals surface area contributed by atoms with Gasteiger partial charge in [-0.25, -0.2) is 0 Å². The molecule has 0 spiro atoms. The molecule has 2 N–H and O–H groups in total. The van der Waals surface area contributed by atoms with E-state index in [-0.39, 0.29) is 17.5 Å². The van der Waals surface area contributed by atoms with Gasteiger partial charge in [-0.05, 0) is 39.8 Å². The van der Waals surface area contributed by atoms with Crippen LogP contribution in [0, 0.1) is 0 Å². The van der Waals surface area contributed by atoms with Gasteiger partial charge in [0.25, 0.3) is 0 Å². The van der Waals surface area contributed by atoms with Crippen LogP contribution in [0.5, 0.6) is 0 Å². The minimum absolute atomic E-state index is 0.0462. The van der Waals surface area contributed by atoms with Crippen molar-refractivity contribution in [2.24, 2.45) is 0 Å². The van der Waals surface area contributed by atoms with Crippen LogP contribution in [0.4, 0.5) is 0 Å². The van der Waals surface area contributed by atoms with Crippen molar-refractivity contribution in [3.8, 4) is 0 Å². The molecule has 1 atom stereocenters. The summed E-state index contributed by atoms with van der Waals surface area (Å²) in [7, 11) is 0. The Labute approximate surface area is 109 Å². The van der Waals surface area contributed by atoms with Gasteiger partial charge in [0.2, 0.25) is 5.91 Å². The van der Waals surface area contributed by atoms with E-state index in [4.69, 9.17) is 0 Å². The molecule has 0 aliphatic rings. The summed E-state index contributed by atoms with van der Waals surface area (Å²) < 4.78 is 0. The van der Waals surface area contributed by atoms with E-state index in [2.05, 4.69) is 36.4 Å². The molecule has 0 fully saturated rings. The van der Waals surface area contributed by atoms with Crippen molar-refractivity contribution >= 4 is 5.91 Å².